The van der Waals surface area contributed by atoms with E-state index in [2.05, 4.69) is 5.32 Å². The van der Waals surface area contributed by atoms with E-state index in [4.69, 9.17) is 4.74 Å². The largest absolute Gasteiger partial charge is 0.385 e. The van der Waals surface area contributed by atoms with Crippen molar-refractivity contribution in [1.29, 1.82) is 0 Å². The monoisotopic (exact) mass is 389 g/mol. The molecule has 0 unspecified atom stereocenters. The fourth-order valence-electron chi connectivity index (χ4n) is 3.03. The minimum Gasteiger partial charge on any atom is -0.385 e. The van der Waals surface area contributed by atoms with E-state index in [1.807, 2.05) is 13.8 Å². The molecule has 1 aromatic carbocycles. The first kappa shape index (κ1) is 20.4. The van der Waals surface area contributed by atoms with E-state index in [1.54, 1.807) is 31.4 Å². The maximum atomic E-state index is 13.0. The van der Waals surface area contributed by atoms with Crippen molar-refractivity contribution >= 4 is 19.7 Å². The lowest BCUT2D eigenvalue weighted by atomic mass is 10.0. The van der Waals surface area contributed by atoms with Crippen LogP contribution < -0.4 is 5.32 Å². The van der Waals surface area contributed by atoms with Crippen LogP contribution in [0.4, 0.5) is 0 Å². The van der Waals surface area contributed by atoms with Gasteiger partial charge >= 0.3 is 0 Å². The number of nitrogens with one attached hydrogen (secondary N) is 1. The van der Waals surface area contributed by atoms with Crippen molar-refractivity contribution in [3.05, 3.63) is 29.8 Å². The van der Waals surface area contributed by atoms with Crippen LogP contribution >= 0.6 is 0 Å². The Kier molecular flexibility index (Phi) is 6.64. The minimum absolute atomic E-state index is 0.145. The number of hydrogen-bond donors (Lipinski definition) is 1. The smallest absolute Gasteiger partial charge is 0.183 e. The van der Waals surface area contributed by atoms with Crippen LogP contribution in [0, 0.1) is 0 Å². The maximum absolute atomic E-state index is 13.0. The van der Waals surface area contributed by atoms with E-state index in [9.17, 15) is 16.8 Å². The van der Waals surface area contributed by atoms with Crippen molar-refractivity contribution in [2.75, 3.05) is 31.8 Å². The number of methoxy groups -OCH3 is 1. The average Bonchev–Trinajstić information content (AvgIpc) is 2.87. The van der Waals surface area contributed by atoms with Gasteiger partial charge in [0.1, 0.15) is 0 Å². The number of benzene rings is 1. The summed E-state index contributed by atoms with van der Waals surface area (Å²) in [6.45, 7) is 5.13. The number of sulfone groups is 2. The molecule has 0 bridgehead atoms. The van der Waals surface area contributed by atoms with E-state index in [1.165, 1.54) is 0 Å². The van der Waals surface area contributed by atoms with Gasteiger partial charge in [0.05, 0.1) is 21.7 Å². The summed E-state index contributed by atoms with van der Waals surface area (Å²) in [6, 6.07) is 6.16. The first-order chi connectivity index (χ1) is 11.7. The normalized spacial score (nSPS) is 23.2. The molecule has 2 rings (SSSR count). The summed E-state index contributed by atoms with van der Waals surface area (Å²) >= 11 is 0. The van der Waals surface area contributed by atoms with E-state index < -0.39 is 31.0 Å². The number of rotatable bonds is 8. The SMILES string of the molecule is COCCCN[C@H]1CS(=O)(=O)C[C@@H]1S(=O)(=O)c1ccc(C(C)C)cc1. The van der Waals surface area contributed by atoms with Gasteiger partial charge in [-0.05, 0) is 36.6 Å². The van der Waals surface area contributed by atoms with E-state index >= 15 is 0 Å². The summed E-state index contributed by atoms with van der Waals surface area (Å²) in [5, 5.41) is 2.14. The second kappa shape index (κ2) is 8.16. The highest BCUT2D eigenvalue weighted by atomic mass is 32.2. The summed E-state index contributed by atoms with van der Waals surface area (Å²) in [6.07, 6.45) is 0.697. The Morgan fingerprint density at radius 3 is 2.40 bits per heavy atom. The van der Waals surface area contributed by atoms with E-state index in [-0.39, 0.29) is 16.4 Å². The van der Waals surface area contributed by atoms with Gasteiger partial charge in [-0.15, -0.1) is 0 Å². The Labute approximate surface area is 150 Å². The fraction of sp³-hybridized carbons (Fsp3) is 0.647. The van der Waals surface area contributed by atoms with Gasteiger partial charge in [0.15, 0.2) is 19.7 Å². The third-order valence-corrected chi connectivity index (χ3v) is 8.67. The van der Waals surface area contributed by atoms with E-state index in [0.29, 0.717) is 25.5 Å². The van der Waals surface area contributed by atoms with Crippen molar-refractivity contribution in [3.63, 3.8) is 0 Å². The molecule has 1 aliphatic rings. The third-order valence-electron chi connectivity index (χ3n) is 4.51. The molecule has 0 aromatic heterocycles. The Morgan fingerprint density at radius 2 is 1.84 bits per heavy atom. The molecule has 0 aliphatic carbocycles. The Balaban J connectivity index is 2.22. The summed E-state index contributed by atoms with van der Waals surface area (Å²) in [4.78, 5) is 0.183. The standard InChI is InChI=1S/C17H27NO5S2/c1-13(2)14-5-7-15(8-6-14)25(21,22)17-12-24(19,20)11-16(17)18-9-4-10-23-3/h5-8,13,16-18H,4,9-12H2,1-3H3/t16-,17-/m0/s1. The Hall–Kier alpha value is -0.960. The van der Waals surface area contributed by atoms with Crippen LogP contribution in [0.15, 0.2) is 29.2 Å². The molecule has 25 heavy (non-hydrogen) atoms. The quantitative estimate of drug-likeness (QED) is 0.676. The number of ether oxygens (including phenoxy) is 1. The molecule has 1 N–H and O–H groups in total. The topological polar surface area (TPSA) is 89.5 Å². The lowest BCUT2D eigenvalue weighted by Gasteiger charge is -2.20. The predicted octanol–water partition coefficient (Wildman–Crippen LogP) is 1.38. The Morgan fingerprint density at radius 1 is 1.20 bits per heavy atom. The van der Waals surface area contributed by atoms with E-state index in [0.717, 1.165) is 5.56 Å². The van der Waals surface area contributed by atoms with Crippen LogP contribution in [0.2, 0.25) is 0 Å². The molecule has 1 aliphatic heterocycles. The van der Waals surface area contributed by atoms with Crippen molar-refractivity contribution in [3.8, 4) is 0 Å². The highest BCUT2D eigenvalue weighted by molar-refractivity contribution is 7.96. The van der Waals surface area contributed by atoms with Crippen molar-refractivity contribution in [1.82, 2.24) is 5.32 Å². The minimum atomic E-state index is -3.72. The predicted molar refractivity (Wildman–Crippen MR) is 98.4 cm³/mol. The van der Waals surface area contributed by atoms with Crippen LogP contribution in [-0.2, 0) is 24.4 Å². The zero-order valence-electron chi connectivity index (χ0n) is 14.9. The summed E-state index contributed by atoms with van der Waals surface area (Å²) < 4.78 is 55.0. The lowest BCUT2D eigenvalue weighted by molar-refractivity contribution is 0.193. The molecule has 6 nitrogen and oxygen atoms in total. The summed E-state index contributed by atoms with van der Waals surface area (Å²) in [7, 11) is -5.50. The van der Waals surface area contributed by atoms with Crippen molar-refractivity contribution in [2.45, 2.75) is 42.4 Å². The van der Waals surface area contributed by atoms with Gasteiger partial charge in [0, 0.05) is 19.8 Å². The van der Waals surface area contributed by atoms with Gasteiger partial charge in [0.25, 0.3) is 0 Å². The zero-order valence-corrected chi connectivity index (χ0v) is 16.6. The highest BCUT2D eigenvalue weighted by Crippen LogP contribution is 2.27. The van der Waals surface area contributed by atoms with Gasteiger partial charge in [-0.3, -0.25) is 0 Å². The van der Waals surface area contributed by atoms with Crippen LogP contribution in [0.1, 0.15) is 31.7 Å². The lowest BCUT2D eigenvalue weighted by Crippen LogP contribution is -2.43. The van der Waals surface area contributed by atoms with Gasteiger partial charge in [-0.1, -0.05) is 26.0 Å². The van der Waals surface area contributed by atoms with Gasteiger partial charge in [-0.2, -0.15) is 0 Å². The second-order valence-electron chi connectivity index (χ2n) is 6.79. The molecule has 2 atom stereocenters. The van der Waals surface area contributed by atoms with Crippen LogP contribution in [0.25, 0.3) is 0 Å². The second-order valence-corrected chi connectivity index (χ2v) is 11.1. The van der Waals surface area contributed by atoms with Crippen LogP contribution in [0.5, 0.6) is 0 Å². The third kappa shape index (κ3) is 5.03. The number of hydrogen-bond acceptors (Lipinski definition) is 6. The average molecular weight is 390 g/mol. The van der Waals surface area contributed by atoms with Crippen LogP contribution in [-0.4, -0.2) is 59.9 Å². The van der Waals surface area contributed by atoms with Gasteiger partial charge in [-0.25, -0.2) is 16.8 Å². The molecule has 0 saturated carbocycles. The molecule has 8 heteroatoms. The summed E-state index contributed by atoms with van der Waals surface area (Å²) in [5.41, 5.74) is 1.05. The van der Waals surface area contributed by atoms with Gasteiger partial charge < -0.3 is 10.1 Å². The molecule has 0 spiro atoms. The molecular formula is C17H27NO5S2. The molecule has 142 valence electrons. The fourth-order valence-corrected chi connectivity index (χ4v) is 7.75. The molecule has 0 amide bonds. The molecule has 1 saturated heterocycles. The zero-order chi connectivity index (χ0) is 18.7. The van der Waals surface area contributed by atoms with Crippen molar-refractivity contribution in [2.24, 2.45) is 0 Å². The maximum Gasteiger partial charge on any atom is 0.183 e. The highest BCUT2D eigenvalue weighted by Gasteiger charge is 2.45. The first-order valence-electron chi connectivity index (χ1n) is 8.44. The molecule has 1 fully saturated rings. The van der Waals surface area contributed by atoms with Crippen molar-refractivity contribution < 1.29 is 21.6 Å². The van der Waals surface area contributed by atoms with Crippen LogP contribution in [0.3, 0.4) is 0 Å². The molecular weight excluding hydrogens is 362 g/mol. The molecule has 1 heterocycles. The summed E-state index contributed by atoms with van der Waals surface area (Å²) in [5.74, 6) is -0.171. The van der Waals surface area contributed by atoms with Gasteiger partial charge in [0.2, 0.25) is 0 Å². The first-order valence-corrected chi connectivity index (χ1v) is 11.8. The molecule has 0 radical (unpaired) electrons. The Bertz CT molecular complexity index is 770. The molecule has 1 aromatic rings.